The van der Waals surface area contributed by atoms with E-state index < -0.39 is 12.0 Å². The van der Waals surface area contributed by atoms with Crippen molar-refractivity contribution in [3.63, 3.8) is 0 Å². The molecule has 1 unspecified atom stereocenters. The van der Waals surface area contributed by atoms with Crippen LogP contribution in [-0.2, 0) is 4.79 Å². The Balaban J connectivity index is 2.07. The molecule has 1 aromatic heterocycles. The maximum absolute atomic E-state index is 11.1. The summed E-state index contributed by atoms with van der Waals surface area (Å²) in [5, 5.41) is 12.1. The molecular weight excluding hydrogens is 244 g/mol. The van der Waals surface area contributed by atoms with Gasteiger partial charge < -0.3 is 15.3 Å². The zero-order valence-corrected chi connectivity index (χ0v) is 11.2. The quantitative estimate of drug-likeness (QED) is 0.815. The van der Waals surface area contributed by atoms with Gasteiger partial charge in [0.2, 0.25) is 0 Å². The van der Waals surface area contributed by atoms with Gasteiger partial charge in [-0.2, -0.15) is 0 Å². The molecule has 6 nitrogen and oxygen atoms in total. The molecule has 1 aliphatic heterocycles. The number of hydrogen-bond acceptors (Lipinski definition) is 5. The fourth-order valence-corrected chi connectivity index (χ4v) is 2.27. The number of aromatic nitrogens is 2. The number of nitrogens with zero attached hydrogens (tertiary/aromatic N) is 3. The number of carboxylic acids is 1. The average molecular weight is 264 g/mol. The predicted molar refractivity (Wildman–Crippen MR) is 73.4 cm³/mol. The van der Waals surface area contributed by atoms with Crippen LogP contribution in [0.3, 0.4) is 0 Å². The smallest absolute Gasteiger partial charge is 0.326 e. The van der Waals surface area contributed by atoms with E-state index in [2.05, 4.69) is 20.2 Å². The molecule has 0 radical (unpaired) electrons. The van der Waals surface area contributed by atoms with Crippen molar-refractivity contribution >= 4 is 17.6 Å². The Morgan fingerprint density at radius 3 is 2.84 bits per heavy atom. The van der Waals surface area contributed by atoms with Crippen LogP contribution in [0.4, 0.5) is 11.6 Å². The zero-order valence-electron chi connectivity index (χ0n) is 11.2. The van der Waals surface area contributed by atoms with Crippen molar-refractivity contribution < 1.29 is 9.90 Å². The Labute approximate surface area is 112 Å². The Kier molecular flexibility index (Phi) is 4.54. The van der Waals surface area contributed by atoms with Crippen LogP contribution in [0.5, 0.6) is 0 Å². The molecule has 19 heavy (non-hydrogen) atoms. The van der Waals surface area contributed by atoms with E-state index >= 15 is 0 Å². The number of hydrogen-bond donors (Lipinski definition) is 2. The Morgan fingerprint density at radius 1 is 1.47 bits per heavy atom. The second-order valence-electron chi connectivity index (χ2n) is 4.78. The minimum absolute atomic E-state index is 0.581. The molecule has 104 valence electrons. The third-order valence-corrected chi connectivity index (χ3v) is 3.28. The topological polar surface area (TPSA) is 78.3 Å². The summed E-state index contributed by atoms with van der Waals surface area (Å²) in [6.45, 7) is 3.98. The van der Waals surface area contributed by atoms with Crippen LogP contribution in [0.25, 0.3) is 0 Å². The van der Waals surface area contributed by atoms with Gasteiger partial charge in [-0.1, -0.05) is 13.3 Å². The van der Waals surface area contributed by atoms with E-state index in [0.29, 0.717) is 12.2 Å². The number of rotatable bonds is 6. The molecule has 0 saturated carbocycles. The average Bonchev–Trinajstić information content (AvgIpc) is 2.92. The summed E-state index contributed by atoms with van der Waals surface area (Å²) >= 11 is 0. The number of nitrogens with one attached hydrogen (secondary N) is 1. The molecule has 1 aromatic rings. The first-order valence-electron chi connectivity index (χ1n) is 6.77. The van der Waals surface area contributed by atoms with Crippen molar-refractivity contribution in [1.29, 1.82) is 0 Å². The minimum Gasteiger partial charge on any atom is -0.480 e. The normalized spacial score (nSPS) is 16.4. The standard InChI is InChI=1S/C13H20N4O2/c1-2-5-10(13(18)19)16-11-8-12(15-9-14-11)17-6-3-4-7-17/h8-10H,2-7H2,1H3,(H,18,19)(H,14,15,16). The highest BCUT2D eigenvalue weighted by Crippen LogP contribution is 2.20. The lowest BCUT2D eigenvalue weighted by Crippen LogP contribution is -2.29. The predicted octanol–water partition coefficient (Wildman–Crippen LogP) is 1.74. The molecule has 0 aromatic carbocycles. The van der Waals surface area contributed by atoms with Gasteiger partial charge in [-0.15, -0.1) is 0 Å². The van der Waals surface area contributed by atoms with Gasteiger partial charge in [0.15, 0.2) is 0 Å². The van der Waals surface area contributed by atoms with Crippen LogP contribution in [0.1, 0.15) is 32.6 Å². The molecule has 2 rings (SSSR count). The van der Waals surface area contributed by atoms with E-state index in [-0.39, 0.29) is 0 Å². The lowest BCUT2D eigenvalue weighted by molar-refractivity contribution is -0.138. The maximum atomic E-state index is 11.1. The first-order chi connectivity index (χ1) is 9.20. The lowest BCUT2D eigenvalue weighted by atomic mass is 10.2. The Hall–Kier alpha value is -1.85. The molecule has 0 bridgehead atoms. The number of carbonyl (C=O) groups is 1. The van der Waals surface area contributed by atoms with Crippen molar-refractivity contribution in [2.24, 2.45) is 0 Å². The molecular formula is C13H20N4O2. The molecule has 6 heteroatoms. The van der Waals surface area contributed by atoms with Gasteiger partial charge in [-0.05, 0) is 19.3 Å². The van der Waals surface area contributed by atoms with E-state index in [0.717, 1.165) is 25.3 Å². The van der Waals surface area contributed by atoms with Crippen molar-refractivity contribution in [2.45, 2.75) is 38.6 Å². The molecule has 1 aliphatic rings. The summed E-state index contributed by atoms with van der Waals surface area (Å²) in [4.78, 5) is 21.7. The molecule has 2 heterocycles. The molecule has 0 spiro atoms. The molecule has 1 fully saturated rings. The number of aliphatic carboxylic acids is 1. The zero-order chi connectivity index (χ0) is 13.7. The van der Waals surface area contributed by atoms with Gasteiger partial charge in [0.1, 0.15) is 24.0 Å². The Morgan fingerprint density at radius 2 is 2.21 bits per heavy atom. The van der Waals surface area contributed by atoms with E-state index in [1.165, 1.54) is 19.2 Å². The largest absolute Gasteiger partial charge is 0.480 e. The van der Waals surface area contributed by atoms with Crippen LogP contribution in [0, 0.1) is 0 Å². The lowest BCUT2D eigenvalue weighted by Gasteiger charge is -2.18. The summed E-state index contributed by atoms with van der Waals surface area (Å²) in [6, 6.07) is 1.24. The third kappa shape index (κ3) is 3.56. The summed E-state index contributed by atoms with van der Waals surface area (Å²) < 4.78 is 0. The van der Waals surface area contributed by atoms with Crippen LogP contribution in [0.15, 0.2) is 12.4 Å². The van der Waals surface area contributed by atoms with Gasteiger partial charge >= 0.3 is 5.97 Å². The van der Waals surface area contributed by atoms with Crippen molar-refractivity contribution in [2.75, 3.05) is 23.3 Å². The molecule has 0 aliphatic carbocycles. The minimum atomic E-state index is -0.844. The van der Waals surface area contributed by atoms with Crippen LogP contribution in [-0.4, -0.2) is 40.2 Å². The highest BCUT2D eigenvalue weighted by Gasteiger charge is 2.18. The molecule has 1 saturated heterocycles. The van der Waals surface area contributed by atoms with Gasteiger partial charge in [0.05, 0.1) is 0 Å². The van der Waals surface area contributed by atoms with Gasteiger partial charge in [0, 0.05) is 19.2 Å². The van der Waals surface area contributed by atoms with Crippen molar-refractivity contribution in [3.8, 4) is 0 Å². The Bertz CT molecular complexity index is 432. The van der Waals surface area contributed by atoms with Crippen molar-refractivity contribution in [1.82, 2.24) is 9.97 Å². The first kappa shape index (κ1) is 13.6. The SMILES string of the molecule is CCCC(Nc1cc(N2CCCC2)ncn1)C(=O)O. The second-order valence-corrected chi connectivity index (χ2v) is 4.78. The molecule has 0 amide bonds. The second kappa shape index (κ2) is 6.36. The van der Waals surface area contributed by atoms with E-state index in [1.54, 1.807) is 0 Å². The fourth-order valence-electron chi connectivity index (χ4n) is 2.27. The monoisotopic (exact) mass is 264 g/mol. The van der Waals surface area contributed by atoms with E-state index in [1.807, 2.05) is 13.0 Å². The first-order valence-corrected chi connectivity index (χ1v) is 6.77. The highest BCUT2D eigenvalue weighted by atomic mass is 16.4. The third-order valence-electron chi connectivity index (χ3n) is 3.28. The van der Waals surface area contributed by atoms with E-state index in [4.69, 9.17) is 5.11 Å². The van der Waals surface area contributed by atoms with Gasteiger partial charge in [-0.25, -0.2) is 14.8 Å². The fraction of sp³-hybridized carbons (Fsp3) is 0.615. The number of anilines is 2. The van der Waals surface area contributed by atoms with Crippen molar-refractivity contribution in [3.05, 3.63) is 12.4 Å². The molecule has 1 atom stereocenters. The van der Waals surface area contributed by atoms with Gasteiger partial charge in [0.25, 0.3) is 0 Å². The maximum Gasteiger partial charge on any atom is 0.326 e. The summed E-state index contributed by atoms with van der Waals surface area (Å²) in [6.07, 6.45) is 5.24. The molecule has 2 N–H and O–H groups in total. The summed E-state index contributed by atoms with van der Waals surface area (Å²) in [7, 11) is 0. The van der Waals surface area contributed by atoms with Crippen LogP contribution < -0.4 is 10.2 Å². The van der Waals surface area contributed by atoms with Crippen LogP contribution in [0.2, 0.25) is 0 Å². The summed E-state index contributed by atoms with van der Waals surface area (Å²) in [5.41, 5.74) is 0. The van der Waals surface area contributed by atoms with Gasteiger partial charge in [-0.3, -0.25) is 0 Å². The van der Waals surface area contributed by atoms with Crippen LogP contribution >= 0.6 is 0 Å². The highest BCUT2D eigenvalue weighted by molar-refractivity contribution is 5.77. The number of carboxylic acid groups (broad SMARTS) is 1. The van der Waals surface area contributed by atoms with E-state index in [9.17, 15) is 4.79 Å². The summed E-state index contributed by atoms with van der Waals surface area (Å²) in [5.74, 6) is 0.608.